The fourth-order valence-corrected chi connectivity index (χ4v) is 2.97. The third-order valence-corrected chi connectivity index (χ3v) is 4.08. The van der Waals surface area contributed by atoms with Crippen molar-refractivity contribution in [3.63, 3.8) is 0 Å². The van der Waals surface area contributed by atoms with E-state index in [0.29, 0.717) is 5.02 Å². The Balaban J connectivity index is 2.42. The van der Waals surface area contributed by atoms with Gasteiger partial charge in [-0.3, -0.25) is 0 Å². The van der Waals surface area contributed by atoms with Gasteiger partial charge >= 0.3 is 0 Å². The van der Waals surface area contributed by atoms with Gasteiger partial charge in [0.25, 0.3) is 0 Å². The number of aryl methyl sites for hydroxylation is 1. The van der Waals surface area contributed by atoms with Crippen molar-refractivity contribution in [2.45, 2.75) is 32.7 Å². The zero-order chi connectivity index (χ0) is 15.2. The molecule has 0 saturated carbocycles. The minimum absolute atomic E-state index is 0.0676. The molecule has 0 fully saturated rings. The Kier molecular flexibility index (Phi) is 6.10. The third-order valence-electron chi connectivity index (χ3n) is 3.50. The van der Waals surface area contributed by atoms with E-state index in [9.17, 15) is 0 Å². The smallest absolute Gasteiger partial charge is 0.0592 e. The van der Waals surface area contributed by atoms with E-state index in [2.05, 4.69) is 43.4 Å². The molecular weight excluding hydrogens is 301 g/mol. The van der Waals surface area contributed by atoms with Gasteiger partial charge in [0, 0.05) is 10.0 Å². The molecule has 0 radical (unpaired) electrons. The Hall–Kier alpha value is -1.02. The molecule has 1 nitrogen and oxygen atoms in total. The quantitative estimate of drug-likeness (QED) is 0.725. The summed E-state index contributed by atoms with van der Waals surface area (Å²) in [6.07, 6.45) is 2.24. The summed E-state index contributed by atoms with van der Waals surface area (Å²) in [6.45, 7) is 5.16. The minimum Gasteiger partial charge on any atom is -0.306 e. The van der Waals surface area contributed by atoms with Gasteiger partial charge in [0.05, 0.1) is 6.04 Å². The molecule has 1 atom stereocenters. The maximum Gasteiger partial charge on any atom is 0.0592 e. The number of rotatable bonds is 6. The molecule has 2 aromatic rings. The van der Waals surface area contributed by atoms with Crippen LogP contribution < -0.4 is 5.32 Å². The first-order chi connectivity index (χ1) is 10.2. The average molecular weight is 322 g/mol. The van der Waals surface area contributed by atoms with E-state index in [0.717, 1.165) is 30.0 Å². The van der Waals surface area contributed by atoms with Gasteiger partial charge in [0.2, 0.25) is 0 Å². The number of nitrogens with one attached hydrogen (secondary N) is 1. The maximum absolute atomic E-state index is 6.38. The molecule has 0 spiro atoms. The van der Waals surface area contributed by atoms with Gasteiger partial charge < -0.3 is 5.32 Å². The van der Waals surface area contributed by atoms with Crippen molar-refractivity contribution < 1.29 is 0 Å². The van der Waals surface area contributed by atoms with Crippen LogP contribution in [0.4, 0.5) is 0 Å². The van der Waals surface area contributed by atoms with E-state index >= 15 is 0 Å². The lowest BCUT2D eigenvalue weighted by atomic mass is 9.96. The Bertz CT molecular complexity index is 596. The summed E-state index contributed by atoms with van der Waals surface area (Å²) in [5, 5.41) is 4.96. The van der Waals surface area contributed by atoms with Crippen LogP contribution in [0.15, 0.2) is 42.5 Å². The van der Waals surface area contributed by atoms with E-state index in [1.807, 2.05) is 18.2 Å². The second kappa shape index (κ2) is 7.84. The van der Waals surface area contributed by atoms with Crippen LogP contribution in [0.5, 0.6) is 0 Å². The molecule has 21 heavy (non-hydrogen) atoms. The Morgan fingerprint density at radius 2 is 1.86 bits per heavy atom. The monoisotopic (exact) mass is 321 g/mol. The number of halogens is 2. The highest BCUT2D eigenvalue weighted by Gasteiger charge is 2.16. The highest BCUT2D eigenvalue weighted by molar-refractivity contribution is 6.33. The highest BCUT2D eigenvalue weighted by Crippen LogP contribution is 2.31. The summed E-state index contributed by atoms with van der Waals surface area (Å²) in [5.74, 6) is 0. The summed E-state index contributed by atoms with van der Waals surface area (Å²) < 4.78 is 0. The average Bonchev–Trinajstić information content (AvgIpc) is 2.48. The van der Waals surface area contributed by atoms with Crippen molar-refractivity contribution >= 4 is 23.2 Å². The zero-order valence-corrected chi connectivity index (χ0v) is 14.0. The molecule has 0 aliphatic carbocycles. The van der Waals surface area contributed by atoms with Crippen molar-refractivity contribution in [1.82, 2.24) is 5.32 Å². The predicted molar refractivity (Wildman–Crippen MR) is 92.4 cm³/mol. The SMILES string of the molecule is CCCc1cccc(C(NCC)c2cc(Cl)ccc2Cl)c1. The molecule has 1 unspecified atom stereocenters. The van der Waals surface area contributed by atoms with Gasteiger partial charge in [0.1, 0.15) is 0 Å². The number of hydrogen-bond donors (Lipinski definition) is 1. The summed E-state index contributed by atoms with van der Waals surface area (Å²) in [7, 11) is 0. The van der Waals surface area contributed by atoms with Crippen LogP contribution in [0.2, 0.25) is 10.0 Å². The molecule has 0 aromatic heterocycles. The fraction of sp³-hybridized carbons (Fsp3) is 0.333. The van der Waals surface area contributed by atoms with Crippen LogP contribution in [-0.2, 0) is 6.42 Å². The maximum atomic E-state index is 6.38. The number of benzene rings is 2. The second-order valence-corrected chi connectivity index (χ2v) is 6.00. The predicted octanol–water partition coefficient (Wildman–Crippen LogP) is 5.64. The molecule has 0 aliphatic heterocycles. The highest BCUT2D eigenvalue weighted by atomic mass is 35.5. The van der Waals surface area contributed by atoms with Gasteiger partial charge in [0.15, 0.2) is 0 Å². The fourth-order valence-electron chi connectivity index (χ4n) is 2.56. The topological polar surface area (TPSA) is 12.0 Å². The molecule has 2 rings (SSSR count). The molecule has 3 heteroatoms. The first-order valence-corrected chi connectivity index (χ1v) is 8.18. The molecule has 0 heterocycles. The lowest BCUT2D eigenvalue weighted by Gasteiger charge is -2.21. The van der Waals surface area contributed by atoms with Gasteiger partial charge in [-0.05, 0) is 47.9 Å². The molecule has 0 amide bonds. The Labute approximate surface area is 137 Å². The van der Waals surface area contributed by atoms with E-state index in [1.165, 1.54) is 11.1 Å². The molecule has 2 aromatic carbocycles. The van der Waals surface area contributed by atoms with Gasteiger partial charge in [-0.1, -0.05) is 67.7 Å². The largest absolute Gasteiger partial charge is 0.306 e. The van der Waals surface area contributed by atoms with E-state index in [1.54, 1.807) is 0 Å². The third kappa shape index (κ3) is 4.23. The molecule has 0 aliphatic rings. The van der Waals surface area contributed by atoms with Crippen molar-refractivity contribution in [1.29, 1.82) is 0 Å². The standard InChI is InChI=1S/C18H21Cl2N/c1-3-6-13-7-5-8-14(11-13)18(21-4-2)16-12-15(19)9-10-17(16)20/h5,7-12,18,21H,3-4,6H2,1-2H3. The van der Waals surface area contributed by atoms with Crippen LogP contribution in [0.25, 0.3) is 0 Å². The van der Waals surface area contributed by atoms with Crippen LogP contribution in [0.1, 0.15) is 43.0 Å². The second-order valence-electron chi connectivity index (χ2n) is 5.15. The van der Waals surface area contributed by atoms with Crippen LogP contribution >= 0.6 is 23.2 Å². The molecule has 0 bridgehead atoms. The van der Waals surface area contributed by atoms with Crippen LogP contribution in [-0.4, -0.2) is 6.54 Å². The number of hydrogen-bond acceptors (Lipinski definition) is 1. The van der Waals surface area contributed by atoms with Gasteiger partial charge in [-0.25, -0.2) is 0 Å². The first-order valence-electron chi connectivity index (χ1n) is 7.42. The van der Waals surface area contributed by atoms with Gasteiger partial charge in [-0.15, -0.1) is 0 Å². The lowest BCUT2D eigenvalue weighted by molar-refractivity contribution is 0.630. The Morgan fingerprint density at radius 3 is 2.57 bits per heavy atom. The van der Waals surface area contributed by atoms with Crippen molar-refractivity contribution in [3.05, 3.63) is 69.2 Å². The Morgan fingerprint density at radius 1 is 1.05 bits per heavy atom. The van der Waals surface area contributed by atoms with Crippen molar-refractivity contribution in [2.24, 2.45) is 0 Å². The molecule has 112 valence electrons. The minimum atomic E-state index is 0.0676. The molecule has 0 saturated heterocycles. The van der Waals surface area contributed by atoms with E-state index in [4.69, 9.17) is 23.2 Å². The normalized spacial score (nSPS) is 12.4. The summed E-state index contributed by atoms with van der Waals surface area (Å²) in [6, 6.07) is 14.4. The van der Waals surface area contributed by atoms with E-state index in [-0.39, 0.29) is 6.04 Å². The lowest BCUT2D eigenvalue weighted by Crippen LogP contribution is -2.22. The molecule has 1 N–H and O–H groups in total. The summed E-state index contributed by atoms with van der Waals surface area (Å²) in [5.41, 5.74) is 3.61. The van der Waals surface area contributed by atoms with Crippen LogP contribution in [0.3, 0.4) is 0 Å². The van der Waals surface area contributed by atoms with Crippen molar-refractivity contribution in [3.8, 4) is 0 Å². The first kappa shape index (κ1) is 16.4. The zero-order valence-electron chi connectivity index (χ0n) is 12.5. The van der Waals surface area contributed by atoms with E-state index < -0.39 is 0 Å². The van der Waals surface area contributed by atoms with Crippen LogP contribution in [0, 0.1) is 0 Å². The molecular formula is C18H21Cl2N. The summed E-state index contributed by atoms with van der Waals surface area (Å²) >= 11 is 12.5. The summed E-state index contributed by atoms with van der Waals surface area (Å²) in [4.78, 5) is 0. The van der Waals surface area contributed by atoms with Gasteiger partial charge in [-0.2, -0.15) is 0 Å². The van der Waals surface area contributed by atoms with Crippen molar-refractivity contribution in [2.75, 3.05) is 6.54 Å².